The highest BCUT2D eigenvalue weighted by Crippen LogP contribution is 2.24. The van der Waals surface area contributed by atoms with Crippen LogP contribution in [0, 0.1) is 13.8 Å². The van der Waals surface area contributed by atoms with Crippen LogP contribution < -0.4 is 15.4 Å². The zero-order chi connectivity index (χ0) is 29.1. The Labute approximate surface area is 235 Å². The number of amides is 2. The first-order valence-electron chi connectivity index (χ1n) is 12.9. The van der Waals surface area contributed by atoms with Crippen LogP contribution in [0.25, 0.3) is 0 Å². The van der Waals surface area contributed by atoms with Crippen LogP contribution in [0.5, 0.6) is 0 Å². The first-order chi connectivity index (χ1) is 18.8. The van der Waals surface area contributed by atoms with E-state index in [2.05, 4.69) is 36.1 Å². The summed E-state index contributed by atoms with van der Waals surface area (Å²) >= 11 is 0. The molecular formula is C32H33N3O4S. The number of anilines is 3. The van der Waals surface area contributed by atoms with Crippen molar-refractivity contribution in [3.8, 4) is 0 Å². The van der Waals surface area contributed by atoms with Gasteiger partial charge in [0, 0.05) is 22.5 Å². The molecule has 8 heteroatoms. The molecular weight excluding hydrogens is 522 g/mol. The van der Waals surface area contributed by atoms with E-state index in [-0.39, 0.29) is 21.8 Å². The number of nitrogens with one attached hydrogen (secondary N) is 3. The monoisotopic (exact) mass is 555 g/mol. The molecule has 0 aromatic heterocycles. The molecule has 0 aliphatic heterocycles. The van der Waals surface area contributed by atoms with Gasteiger partial charge in [-0.15, -0.1) is 0 Å². The SMILES string of the molecule is Cc1ccc(S(=O)(=O)Nc2cc(C(=O)Nc3cccc(NC(=O)c4ccc(C(C)(C)C)cc4)c3)ccc2C)cc1. The number of rotatable bonds is 7. The summed E-state index contributed by atoms with van der Waals surface area (Å²) < 4.78 is 28.3. The van der Waals surface area contributed by atoms with Crippen molar-refractivity contribution < 1.29 is 18.0 Å². The zero-order valence-corrected chi connectivity index (χ0v) is 24.0. The van der Waals surface area contributed by atoms with Crippen LogP contribution in [0.4, 0.5) is 17.1 Å². The van der Waals surface area contributed by atoms with Crippen LogP contribution in [0.3, 0.4) is 0 Å². The number of hydrogen-bond donors (Lipinski definition) is 3. The molecule has 0 unspecified atom stereocenters. The molecule has 0 bridgehead atoms. The van der Waals surface area contributed by atoms with Gasteiger partial charge in [-0.2, -0.15) is 0 Å². The quantitative estimate of drug-likeness (QED) is 0.231. The fourth-order valence-electron chi connectivity index (χ4n) is 4.00. The lowest BCUT2D eigenvalue weighted by atomic mass is 9.87. The van der Waals surface area contributed by atoms with Gasteiger partial charge in [0.05, 0.1) is 10.6 Å². The van der Waals surface area contributed by atoms with Crippen molar-refractivity contribution in [2.45, 2.75) is 44.9 Å². The molecule has 0 heterocycles. The summed E-state index contributed by atoms with van der Waals surface area (Å²) in [7, 11) is -3.83. The van der Waals surface area contributed by atoms with Crippen LogP contribution in [0.2, 0.25) is 0 Å². The molecule has 0 saturated carbocycles. The predicted octanol–water partition coefficient (Wildman–Crippen LogP) is 6.91. The summed E-state index contributed by atoms with van der Waals surface area (Å²) in [5.74, 6) is -0.676. The van der Waals surface area contributed by atoms with E-state index in [1.165, 1.54) is 18.2 Å². The van der Waals surface area contributed by atoms with Crippen molar-refractivity contribution in [1.29, 1.82) is 0 Å². The van der Waals surface area contributed by atoms with Gasteiger partial charge in [0.2, 0.25) is 0 Å². The highest BCUT2D eigenvalue weighted by molar-refractivity contribution is 7.92. The highest BCUT2D eigenvalue weighted by atomic mass is 32.2. The lowest BCUT2D eigenvalue weighted by Crippen LogP contribution is -2.16. The van der Waals surface area contributed by atoms with E-state index < -0.39 is 15.9 Å². The summed E-state index contributed by atoms with van der Waals surface area (Å²) in [6, 6.07) is 25.7. The van der Waals surface area contributed by atoms with E-state index in [0.29, 0.717) is 28.2 Å². The van der Waals surface area contributed by atoms with Crippen molar-refractivity contribution in [2.75, 3.05) is 15.4 Å². The van der Waals surface area contributed by atoms with Gasteiger partial charge in [0.1, 0.15) is 0 Å². The molecule has 3 N–H and O–H groups in total. The lowest BCUT2D eigenvalue weighted by Gasteiger charge is -2.19. The number of carbonyl (C=O) groups is 2. The van der Waals surface area contributed by atoms with Crippen LogP contribution in [0.15, 0.2) is 95.9 Å². The number of hydrogen-bond acceptors (Lipinski definition) is 4. The van der Waals surface area contributed by atoms with Gasteiger partial charge in [-0.25, -0.2) is 8.42 Å². The fraction of sp³-hybridized carbons (Fsp3) is 0.188. The summed E-state index contributed by atoms with van der Waals surface area (Å²) in [5.41, 5.74) is 4.88. The summed E-state index contributed by atoms with van der Waals surface area (Å²) in [5, 5.41) is 5.68. The minimum Gasteiger partial charge on any atom is -0.322 e. The van der Waals surface area contributed by atoms with E-state index >= 15 is 0 Å². The normalized spacial score (nSPS) is 11.5. The molecule has 4 aromatic carbocycles. The number of aryl methyl sites for hydroxylation is 2. The molecule has 0 saturated heterocycles. The van der Waals surface area contributed by atoms with Crippen LogP contribution in [-0.4, -0.2) is 20.2 Å². The van der Waals surface area contributed by atoms with Crippen molar-refractivity contribution in [3.05, 3.63) is 119 Å². The van der Waals surface area contributed by atoms with Gasteiger partial charge >= 0.3 is 0 Å². The average molecular weight is 556 g/mol. The Morgan fingerprint density at radius 1 is 0.675 bits per heavy atom. The fourth-order valence-corrected chi connectivity index (χ4v) is 5.12. The number of sulfonamides is 1. The molecule has 4 rings (SSSR count). The molecule has 0 fully saturated rings. The number of benzene rings is 4. The van der Waals surface area contributed by atoms with E-state index in [9.17, 15) is 18.0 Å². The Morgan fingerprint density at radius 2 is 1.23 bits per heavy atom. The van der Waals surface area contributed by atoms with E-state index in [1.54, 1.807) is 67.6 Å². The molecule has 0 aliphatic carbocycles. The molecule has 7 nitrogen and oxygen atoms in total. The standard InChI is InChI=1S/C32H33N3O4S/c1-21-9-17-28(18-10-21)40(38,39)35-29-19-24(12-11-22(29)2)31(37)34-27-8-6-7-26(20-27)33-30(36)23-13-15-25(16-14-23)32(3,4)5/h6-20,35H,1-5H3,(H,33,36)(H,34,37). The van der Waals surface area contributed by atoms with Crippen molar-refractivity contribution in [3.63, 3.8) is 0 Å². The number of carbonyl (C=O) groups excluding carboxylic acids is 2. The average Bonchev–Trinajstić information content (AvgIpc) is 2.90. The van der Waals surface area contributed by atoms with Crippen molar-refractivity contribution >= 4 is 38.9 Å². The van der Waals surface area contributed by atoms with E-state index in [4.69, 9.17) is 0 Å². The maximum absolute atomic E-state index is 13.0. The second-order valence-corrected chi connectivity index (χ2v) is 12.4. The topological polar surface area (TPSA) is 104 Å². The van der Waals surface area contributed by atoms with Gasteiger partial charge in [-0.1, -0.05) is 62.7 Å². The Kier molecular flexibility index (Phi) is 8.11. The van der Waals surface area contributed by atoms with Gasteiger partial charge < -0.3 is 10.6 Å². The molecule has 4 aromatic rings. The second kappa shape index (κ2) is 11.4. The van der Waals surface area contributed by atoms with Crippen LogP contribution >= 0.6 is 0 Å². The third-order valence-corrected chi connectivity index (χ3v) is 7.85. The van der Waals surface area contributed by atoms with E-state index in [0.717, 1.165) is 11.1 Å². The molecule has 2 amide bonds. The van der Waals surface area contributed by atoms with Crippen molar-refractivity contribution in [1.82, 2.24) is 0 Å². The summed E-state index contributed by atoms with van der Waals surface area (Å²) in [4.78, 5) is 26.0. The maximum Gasteiger partial charge on any atom is 0.261 e. The third-order valence-electron chi connectivity index (χ3n) is 6.47. The Bertz CT molecular complexity index is 1650. The smallest absolute Gasteiger partial charge is 0.261 e. The second-order valence-electron chi connectivity index (χ2n) is 10.8. The Hall–Kier alpha value is -4.43. The summed E-state index contributed by atoms with van der Waals surface area (Å²) in [6.45, 7) is 9.98. The molecule has 40 heavy (non-hydrogen) atoms. The third kappa shape index (κ3) is 6.95. The highest BCUT2D eigenvalue weighted by Gasteiger charge is 2.18. The predicted molar refractivity (Wildman–Crippen MR) is 161 cm³/mol. The molecule has 0 radical (unpaired) electrons. The largest absolute Gasteiger partial charge is 0.322 e. The first kappa shape index (κ1) is 28.6. The Morgan fingerprint density at radius 3 is 1.80 bits per heavy atom. The summed E-state index contributed by atoms with van der Waals surface area (Å²) in [6.07, 6.45) is 0. The molecule has 0 spiro atoms. The zero-order valence-electron chi connectivity index (χ0n) is 23.2. The van der Waals surface area contributed by atoms with Gasteiger partial charge in [-0.3, -0.25) is 14.3 Å². The van der Waals surface area contributed by atoms with Gasteiger partial charge in [0.25, 0.3) is 21.8 Å². The molecule has 206 valence electrons. The van der Waals surface area contributed by atoms with Crippen LogP contribution in [0.1, 0.15) is 58.2 Å². The van der Waals surface area contributed by atoms with Crippen molar-refractivity contribution in [2.24, 2.45) is 0 Å². The van der Waals surface area contributed by atoms with Gasteiger partial charge in [-0.05, 0) is 85.0 Å². The lowest BCUT2D eigenvalue weighted by molar-refractivity contribution is 0.101. The minimum atomic E-state index is -3.83. The maximum atomic E-state index is 13.0. The minimum absolute atomic E-state index is 0.00876. The first-order valence-corrected chi connectivity index (χ1v) is 14.3. The molecule has 0 atom stereocenters. The molecule has 0 aliphatic rings. The van der Waals surface area contributed by atoms with Crippen LogP contribution in [-0.2, 0) is 15.4 Å². The van der Waals surface area contributed by atoms with E-state index in [1.807, 2.05) is 19.1 Å². The Balaban J connectivity index is 1.46. The van der Waals surface area contributed by atoms with Gasteiger partial charge in [0.15, 0.2) is 0 Å².